The Morgan fingerprint density at radius 1 is 1.25 bits per heavy atom. The molecule has 1 rings (SSSR count). The molecule has 16 heavy (non-hydrogen) atoms. The molecule has 2 nitrogen and oxygen atoms in total. The molecule has 0 bridgehead atoms. The van der Waals surface area contributed by atoms with E-state index in [4.69, 9.17) is 0 Å². The minimum atomic E-state index is -4.32. The van der Waals surface area contributed by atoms with Gasteiger partial charge in [0.25, 0.3) is 0 Å². The van der Waals surface area contributed by atoms with Gasteiger partial charge in [0.05, 0.1) is 17.3 Å². The summed E-state index contributed by atoms with van der Waals surface area (Å²) in [4.78, 5) is 3.86. The number of hydrogen-bond donors (Lipinski definition) is 1. The van der Waals surface area contributed by atoms with Gasteiger partial charge in [-0.2, -0.15) is 13.2 Å². The first-order valence-corrected chi connectivity index (χ1v) is 5.06. The summed E-state index contributed by atoms with van der Waals surface area (Å²) < 4.78 is 36.9. The van der Waals surface area contributed by atoms with Crippen LogP contribution in [-0.4, -0.2) is 12.0 Å². The lowest BCUT2D eigenvalue weighted by Crippen LogP contribution is -2.23. The number of pyridine rings is 1. The lowest BCUT2D eigenvalue weighted by atomic mass is 10.0. The van der Waals surface area contributed by atoms with E-state index in [-0.39, 0.29) is 12.0 Å². The summed E-state index contributed by atoms with van der Waals surface area (Å²) in [5, 5.41) is 3.03. The number of nitrogens with zero attached hydrogens (tertiary/aromatic N) is 1. The Hall–Kier alpha value is -1.10. The van der Waals surface area contributed by atoms with Gasteiger partial charge in [-0.15, -0.1) is 0 Å². The van der Waals surface area contributed by atoms with Crippen molar-refractivity contribution >= 4 is 0 Å². The molecule has 1 atom stereocenters. The maximum absolute atomic E-state index is 12.3. The standard InChI is InChI=1S/C11H15F3N2/c1-7(2)10(15-3)9-5-4-8(6-16-9)11(12,13)14/h4-7,10,15H,1-3H3. The Balaban J connectivity index is 2.94. The molecule has 5 heteroatoms. The van der Waals surface area contributed by atoms with Crippen molar-refractivity contribution in [2.24, 2.45) is 5.92 Å². The Morgan fingerprint density at radius 3 is 2.19 bits per heavy atom. The molecule has 1 aromatic heterocycles. The molecule has 0 saturated carbocycles. The average molecular weight is 232 g/mol. The smallest absolute Gasteiger partial charge is 0.311 e. The number of alkyl halides is 3. The molecule has 0 fully saturated rings. The second-order valence-corrected chi connectivity index (χ2v) is 3.98. The van der Waals surface area contributed by atoms with E-state index in [1.165, 1.54) is 6.07 Å². The maximum Gasteiger partial charge on any atom is 0.417 e. The second-order valence-electron chi connectivity index (χ2n) is 3.98. The fourth-order valence-electron chi connectivity index (χ4n) is 1.58. The summed E-state index contributed by atoms with van der Waals surface area (Å²) in [6.45, 7) is 3.97. The largest absolute Gasteiger partial charge is 0.417 e. The van der Waals surface area contributed by atoms with Crippen LogP contribution in [0.5, 0.6) is 0 Å². The van der Waals surface area contributed by atoms with E-state index in [9.17, 15) is 13.2 Å². The highest BCUT2D eigenvalue weighted by molar-refractivity contribution is 5.19. The van der Waals surface area contributed by atoms with Gasteiger partial charge in [0.2, 0.25) is 0 Å². The zero-order valence-electron chi connectivity index (χ0n) is 9.47. The van der Waals surface area contributed by atoms with Gasteiger partial charge in [-0.1, -0.05) is 13.8 Å². The minimum absolute atomic E-state index is 0.0257. The van der Waals surface area contributed by atoms with Crippen LogP contribution in [0.1, 0.15) is 31.1 Å². The van der Waals surface area contributed by atoms with Crippen molar-refractivity contribution in [1.82, 2.24) is 10.3 Å². The predicted molar refractivity (Wildman–Crippen MR) is 55.9 cm³/mol. The number of hydrogen-bond acceptors (Lipinski definition) is 2. The summed E-state index contributed by atoms with van der Waals surface area (Å²) in [6.07, 6.45) is -3.44. The predicted octanol–water partition coefficient (Wildman–Crippen LogP) is 3.02. The topological polar surface area (TPSA) is 24.9 Å². The van der Waals surface area contributed by atoms with Gasteiger partial charge < -0.3 is 5.32 Å². The molecular weight excluding hydrogens is 217 g/mol. The summed E-state index contributed by atoms with van der Waals surface area (Å²) in [5.41, 5.74) is -0.0830. The molecule has 0 saturated heterocycles. The Kier molecular flexibility index (Phi) is 3.91. The summed E-state index contributed by atoms with van der Waals surface area (Å²) in [7, 11) is 1.77. The van der Waals surface area contributed by atoms with Crippen LogP contribution >= 0.6 is 0 Å². The molecule has 0 radical (unpaired) electrons. The van der Waals surface area contributed by atoms with Crippen LogP contribution in [0, 0.1) is 5.92 Å². The highest BCUT2D eigenvalue weighted by Gasteiger charge is 2.31. The molecule has 0 aliphatic rings. The van der Waals surface area contributed by atoms with Crippen LogP contribution in [-0.2, 0) is 6.18 Å². The summed E-state index contributed by atoms with van der Waals surface area (Å²) in [6, 6.07) is 2.46. The van der Waals surface area contributed by atoms with Crippen LogP contribution in [0.15, 0.2) is 18.3 Å². The molecule has 0 amide bonds. The monoisotopic (exact) mass is 232 g/mol. The van der Waals surface area contributed by atoms with Crippen molar-refractivity contribution in [3.05, 3.63) is 29.6 Å². The number of rotatable bonds is 3. The third-order valence-electron chi connectivity index (χ3n) is 2.41. The molecule has 1 aromatic rings. The SMILES string of the molecule is CNC(c1ccc(C(F)(F)F)cn1)C(C)C. The minimum Gasteiger partial charge on any atom is -0.311 e. The van der Waals surface area contributed by atoms with Crippen molar-refractivity contribution in [3.63, 3.8) is 0 Å². The maximum atomic E-state index is 12.3. The Morgan fingerprint density at radius 2 is 1.88 bits per heavy atom. The molecule has 1 heterocycles. The fraction of sp³-hybridized carbons (Fsp3) is 0.545. The van der Waals surface area contributed by atoms with Crippen LogP contribution in [0.3, 0.4) is 0 Å². The Bertz CT molecular complexity index is 330. The van der Waals surface area contributed by atoms with Crippen LogP contribution in [0.2, 0.25) is 0 Å². The number of aromatic nitrogens is 1. The highest BCUT2D eigenvalue weighted by Crippen LogP contribution is 2.29. The summed E-state index contributed by atoms with van der Waals surface area (Å²) in [5.74, 6) is 0.272. The molecular formula is C11H15F3N2. The van der Waals surface area contributed by atoms with E-state index in [1.54, 1.807) is 7.05 Å². The lowest BCUT2D eigenvalue weighted by Gasteiger charge is -2.19. The van der Waals surface area contributed by atoms with E-state index in [0.29, 0.717) is 5.69 Å². The van der Waals surface area contributed by atoms with Gasteiger partial charge >= 0.3 is 6.18 Å². The van der Waals surface area contributed by atoms with Gasteiger partial charge in [-0.3, -0.25) is 4.98 Å². The molecule has 90 valence electrons. The molecule has 1 N–H and O–H groups in total. The van der Waals surface area contributed by atoms with Crippen molar-refractivity contribution in [2.75, 3.05) is 7.05 Å². The number of halogens is 3. The molecule has 0 aromatic carbocycles. The van der Waals surface area contributed by atoms with Crippen LogP contribution in [0.4, 0.5) is 13.2 Å². The Labute approximate surface area is 92.9 Å². The quantitative estimate of drug-likeness (QED) is 0.866. The van der Waals surface area contributed by atoms with Crippen molar-refractivity contribution in [3.8, 4) is 0 Å². The van der Waals surface area contributed by atoms with E-state index < -0.39 is 11.7 Å². The molecule has 1 unspecified atom stereocenters. The van der Waals surface area contributed by atoms with E-state index >= 15 is 0 Å². The first-order valence-electron chi connectivity index (χ1n) is 5.06. The van der Waals surface area contributed by atoms with E-state index in [0.717, 1.165) is 12.3 Å². The molecule has 0 aliphatic carbocycles. The lowest BCUT2D eigenvalue weighted by molar-refractivity contribution is -0.137. The van der Waals surface area contributed by atoms with Crippen LogP contribution < -0.4 is 5.32 Å². The van der Waals surface area contributed by atoms with Crippen LogP contribution in [0.25, 0.3) is 0 Å². The van der Waals surface area contributed by atoms with Crippen molar-refractivity contribution < 1.29 is 13.2 Å². The van der Waals surface area contributed by atoms with Gasteiger partial charge in [-0.25, -0.2) is 0 Å². The average Bonchev–Trinajstić information content (AvgIpc) is 2.17. The van der Waals surface area contributed by atoms with Gasteiger partial charge in [0.15, 0.2) is 0 Å². The van der Waals surface area contributed by atoms with Crippen molar-refractivity contribution in [1.29, 1.82) is 0 Å². The highest BCUT2D eigenvalue weighted by atomic mass is 19.4. The number of nitrogens with one attached hydrogen (secondary N) is 1. The van der Waals surface area contributed by atoms with E-state index in [2.05, 4.69) is 10.3 Å². The van der Waals surface area contributed by atoms with Crippen molar-refractivity contribution in [2.45, 2.75) is 26.1 Å². The van der Waals surface area contributed by atoms with Gasteiger partial charge in [-0.05, 0) is 25.1 Å². The van der Waals surface area contributed by atoms with Gasteiger partial charge in [0.1, 0.15) is 0 Å². The normalized spacial score (nSPS) is 14.2. The first kappa shape index (κ1) is 13.0. The summed E-state index contributed by atoms with van der Waals surface area (Å²) >= 11 is 0. The third-order valence-corrected chi connectivity index (χ3v) is 2.41. The first-order chi connectivity index (χ1) is 7.36. The van der Waals surface area contributed by atoms with E-state index in [1.807, 2.05) is 13.8 Å². The second kappa shape index (κ2) is 4.82. The zero-order valence-corrected chi connectivity index (χ0v) is 9.47. The molecule has 0 spiro atoms. The fourth-order valence-corrected chi connectivity index (χ4v) is 1.58. The zero-order chi connectivity index (χ0) is 12.3. The van der Waals surface area contributed by atoms with Gasteiger partial charge in [0, 0.05) is 6.20 Å². The molecule has 0 aliphatic heterocycles. The third kappa shape index (κ3) is 2.95.